The Morgan fingerprint density at radius 2 is 1.86 bits per heavy atom. The average Bonchev–Trinajstić information content (AvgIpc) is 2.46. The second kappa shape index (κ2) is 6.87. The van der Waals surface area contributed by atoms with E-state index in [4.69, 9.17) is 5.11 Å². The van der Waals surface area contributed by atoms with Gasteiger partial charge in [0.2, 0.25) is 0 Å². The van der Waals surface area contributed by atoms with Crippen LogP contribution in [0.2, 0.25) is 0 Å². The van der Waals surface area contributed by atoms with Crippen molar-refractivity contribution in [3.05, 3.63) is 58.6 Å². The van der Waals surface area contributed by atoms with E-state index in [-0.39, 0.29) is 12.3 Å². The fraction of sp³-hybridized carbons (Fsp3) is 0.235. The molecule has 2 aromatic carbocycles. The summed E-state index contributed by atoms with van der Waals surface area (Å²) in [6, 6.07) is 15.9. The van der Waals surface area contributed by atoms with E-state index in [1.807, 2.05) is 55.5 Å². The third kappa shape index (κ3) is 3.93. The number of aliphatic hydroxyl groups excluding tert-OH is 1. The van der Waals surface area contributed by atoms with Crippen molar-refractivity contribution in [2.24, 2.45) is 0 Å². The van der Waals surface area contributed by atoms with Crippen molar-refractivity contribution in [3.63, 3.8) is 0 Å². The largest absolute Gasteiger partial charge is 0.481 e. The van der Waals surface area contributed by atoms with Gasteiger partial charge in [-0.2, -0.15) is 0 Å². The molecule has 2 aromatic rings. The highest BCUT2D eigenvalue weighted by Gasteiger charge is 2.20. The zero-order valence-corrected chi connectivity index (χ0v) is 13.2. The van der Waals surface area contributed by atoms with Gasteiger partial charge in [0.15, 0.2) is 0 Å². The molecule has 2 atom stereocenters. The number of hydrogen-bond acceptors (Lipinski definition) is 2. The Bertz CT molecular complexity index is 625. The van der Waals surface area contributed by atoms with Gasteiger partial charge >= 0.3 is 5.97 Å². The van der Waals surface area contributed by atoms with Crippen LogP contribution in [0.4, 0.5) is 0 Å². The van der Waals surface area contributed by atoms with Crippen LogP contribution in [0.15, 0.2) is 53.0 Å². The molecule has 0 aliphatic rings. The number of carboxylic acids is 1. The number of carboxylic acid groups (broad SMARTS) is 1. The first-order chi connectivity index (χ1) is 9.99. The van der Waals surface area contributed by atoms with E-state index >= 15 is 0 Å². The molecular weight excluding hydrogens is 332 g/mol. The summed E-state index contributed by atoms with van der Waals surface area (Å²) in [5.74, 6) is -1.23. The molecule has 2 rings (SSSR count). The van der Waals surface area contributed by atoms with Crippen LogP contribution in [-0.4, -0.2) is 22.3 Å². The number of halogens is 1. The molecule has 0 saturated carbocycles. The second-order valence-electron chi connectivity index (χ2n) is 5.06. The number of rotatable bonds is 5. The van der Waals surface area contributed by atoms with Crippen molar-refractivity contribution in [2.75, 3.05) is 0 Å². The van der Waals surface area contributed by atoms with Crippen molar-refractivity contribution in [1.29, 1.82) is 0 Å². The maximum absolute atomic E-state index is 10.7. The Morgan fingerprint density at radius 1 is 1.19 bits per heavy atom. The Morgan fingerprint density at radius 3 is 2.43 bits per heavy atom. The van der Waals surface area contributed by atoms with Crippen molar-refractivity contribution in [2.45, 2.75) is 25.4 Å². The van der Waals surface area contributed by atoms with Crippen molar-refractivity contribution < 1.29 is 15.0 Å². The molecule has 4 heteroatoms. The van der Waals surface area contributed by atoms with Gasteiger partial charge in [0, 0.05) is 10.4 Å². The van der Waals surface area contributed by atoms with Gasteiger partial charge in [-0.3, -0.25) is 4.79 Å². The molecule has 21 heavy (non-hydrogen) atoms. The Hall–Kier alpha value is -1.65. The third-order valence-corrected chi connectivity index (χ3v) is 4.22. The lowest BCUT2D eigenvalue weighted by molar-refractivity contribution is -0.139. The lowest BCUT2D eigenvalue weighted by Crippen LogP contribution is -2.19. The first-order valence-corrected chi connectivity index (χ1v) is 7.53. The zero-order valence-electron chi connectivity index (χ0n) is 11.7. The fourth-order valence-corrected chi connectivity index (χ4v) is 2.87. The van der Waals surface area contributed by atoms with E-state index in [1.165, 1.54) is 0 Å². The van der Waals surface area contributed by atoms with Crippen molar-refractivity contribution in [1.82, 2.24) is 0 Å². The normalized spacial score (nSPS) is 13.7. The Labute approximate surface area is 132 Å². The van der Waals surface area contributed by atoms with Gasteiger partial charge in [0.05, 0.1) is 12.5 Å². The maximum Gasteiger partial charge on any atom is 0.305 e. The van der Waals surface area contributed by atoms with Gasteiger partial charge < -0.3 is 10.2 Å². The van der Waals surface area contributed by atoms with Crippen LogP contribution in [0.3, 0.4) is 0 Å². The minimum absolute atomic E-state index is 0.234. The number of hydrogen-bond donors (Lipinski definition) is 2. The van der Waals surface area contributed by atoms with Gasteiger partial charge in [0.25, 0.3) is 0 Å². The summed E-state index contributed by atoms with van der Waals surface area (Å²) in [7, 11) is 0. The number of carbonyl (C=O) groups is 1. The summed E-state index contributed by atoms with van der Waals surface area (Å²) in [5, 5.41) is 18.7. The smallest absolute Gasteiger partial charge is 0.305 e. The first-order valence-electron chi connectivity index (χ1n) is 6.73. The van der Waals surface area contributed by atoms with E-state index in [1.54, 1.807) is 0 Å². The Balaban J connectivity index is 2.25. The molecule has 0 aliphatic heterocycles. The van der Waals surface area contributed by atoms with Crippen LogP contribution in [0, 0.1) is 0 Å². The minimum atomic E-state index is -0.991. The van der Waals surface area contributed by atoms with E-state index < -0.39 is 12.1 Å². The molecule has 2 N–H and O–H groups in total. The Kier molecular flexibility index (Phi) is 5.15. The average molecular weight is 349 g/mol. The highest BCUT2D eigenvalue weighted by Crippen LogP contribution is 2.32. The van der Waals surface area contributed by atoms with Gasteiger partial charge in [-0.1, -0.05) is 65.3 Å². The molecule has 0 spiro atoms. The second-order valence-corrected chi connectivity index (χ2v) is 5.91. The zero-order chi connectivity index (χ0) is 15.4. The molecule has 0 radical (unpaired) electrons. The molecule has 0 amide bonds. The quantitative estimate of drug-likeness (QED) is 0.856. The maximum atomic E-state index is 10.7. The van der Waals surface area contributed by atoms with Crippen molar-refractivity contribution in [3.8, 4) is 11.1 Å². The van der Waals surface area contributed by atoms with Crippen LogP contribution in [0.1, 0.15) is 24.8 Å². The summed E-state index contributed by atoms with van der Waals surface area (Å²) >= 11 is 3.55. The molecule has 0 aromatic heterocycles. The van der Waals surface area contributed by atoms with E-state index in [0.717, 1.165) is 21.2 Å². The molecule has 0 heterocycles. The third-order valence-electron chi connectivity index (χ3n) is 3.56. The predicted molar refractivity (Wildman–Crippen MR) is 86.3 cm³/mol. The summed E-state index contributed by atoms with van der Waals surface area (Å²) < 4.78 is 0.931. The molecule has 0 bridgehead atoms. The van der Waals surface area contributed by atoms with Crippen LogP contribution in [0.5, 0.6) is 0 Å². The lowest BCUT2D eigenvalue weighted by Gasteiger charge is -2.18. The minimum Gasteiger partial charge on any atom is -0.481 e. The van der Waals surface area contributed by atoms with Crippen molar-refractivity contribution >= 4 is 21.9 Å². The van der Waals surface area contributed by atoms with Crippen LogP contribution in [-0.2, 0) is 4.79 Å². The number of aliphatic hydroxyl groups is 1. The van der Waals surface area contributed by atoms with E-state index in [2.05, 4.69) is 15.9 Å². The molecule has 0 saturated heterocycles. The number of benzene rings is 2. The van der Waals surface area contributed by atoms with Gasteiger partial charge in [0.1, 0.15) is 0 Å². The predicted octanol–water partition coefficient (Wildman–Crippen LogP) is 4.06. The van der Waals surface area contributed by atoms with E-state index in [0.29, 0.717) is 0 Å². The molecule has 2 unspecified atom stereocenters. The number of aliphatic carboxylic acids is 1. The lowest BCUT2D eigenvalue weighted by atomic mass is 9.92. The van der Waals surface area contributed by atoms with E-state index in [9.17, 15) is 9.90 Å². The summed E-state index contributed by atoms with van der Waals surface area (Å²) in [5.41, 5.74) is 3.09. The standard InChI is InChI=1S/C17H17BrO3/c1-11(16(19)10-17(20)21)13-7-8-14(15(18)9-13)12-5-3-2-4-6-12/h2-9,11,16,19H,10H2,1H3,(H,20,21). The summed E-state index contributed by atoms with van der Waals surface area (Å²) in [4.78, 5) is 10.7. The molecular formula is C17H17BrO3. The summed E-state index contributed by atoms with van der Waals surface area (Å²) in [6.45, 7) is 1.83. The van der Waals surface area contributed by atoms with Crippen LogP contribution < -0.4 is 0 Å². The highest BCUT2D eigenvalue weighted by molar-refractivity contribution is 9.10. The fourth-order valence-electron chi connectivity index (χ4n) is 2.24. The van der Waals surface area contributed by atoms with Gasteiger partial charge in [-0.25, -0.2) is 0 Å². The first kappa shape index (κ1) is 15.7. The van der Waals surface area contributed by atoms with Crippen LogP contribution >= 0.6 is 15.9 Å². The topological polar surface area (TPSA) is 57.5 Å². The summed E-state index contributed by atoms with van der Waals surface area (Å²) in [6.07, 6.45) is -1.14. The molecule has 0 aliphatic carbocycles. The van der Waals surface area contributed by atoms with Gasteiger partial charge in [-0.05, 0) is 22.8 Å². The molecule has 0 fully saturated rings. The molecule has 3 nitrogen and oxygen atoms in total. The van der Waals surface area contributed by atoms with Gasteiger partial charge in [-0.15, -0.1) is 0 Å². The highest BCUT2D eigenvalue weighted by atomic mass is 79.9. The SMILES string of the molecule is CC(c1ccc(-c2ccccc2)c(Br)c1)C(O)CC(=O)O. The monoisotopic (exact) mass is 348 g/mol. The van der Waals surface area contributed by atoms with Crippen LogP contribution in [0.25, 0.3) is 11.1 Å². The molecule has 110 valence electrons.